The van der Waals surface area contributed by atoms with Crippen LogP contribution < -0.4 is 68.4 Å². The van der Waals surface area contributed by atoms with Gasteiger partial charge in [0.1, 0.15) is 0 Å². The molecule has 1 N–H and O–H groups in total. The Balaban J connectivity index is -0.0000000800. The molecule has 0 radical (unpaired) electrons. The molecule has 0 saturated heterocycles. The van der Waals surface area contributed by atoms with E-state index in [-0.39, 0.29) is 68.4 Å². The van der Waals surface area contributed by atoms with Crippen molar-refractivity contribution in [2.24, 2.45) is 0 Å². The molecule has 0 aliphatic heterocycles. The zero-order valence-corrected chi connectivity index (χ0v) is 9.32. The molecule has 0 aromatic rings. The number of hydrogen-bond acceptors (Lipinski definition) is 3. The zero-order chi connectivity index (χ0) is 4.50. The summed E-state index contributed by atoms with van der Waals surface area (Å²) in [7, 11) is 0. The topological polar surface area (TPSA) is 71.4 Å². The van der Waals surface area contributed by atoms with Crippen LogP contribution in [0.25, 0.3) is 0 Å². The van der Waals surface area contributed by atoms with Crippen molar-refractivity contribution < 1.29 is 97.0 Å². The predicted octanol–water partition coefficient (Wildman–Crippen LogP) is -6.91. The van der Waals surface area contributed by atoms with Crippen LogP contribution in [0.3, 0.4) is 0 Å². The van der Waals surface area contributed by atoms with E-state index < -0.39 is 13.0 Å². The third-order valence-corrected chi connectivity index (χ3v) is 0. The Bertz CT molecular complexity index is 133. The summed E-state index contributed by atoms with van der Waals surface area (Å²) in [6.07, 6.45) is 0. The van der Waals surface area contributed by atoms with E-state index in [1.54, 1.807) is 0 Å². The predicted molar refractivity (Wildman–Crippen MR) is 4.28 cm³/mol. The minimum absolute atomic E-state index is 0. The van der Waals surface area contributed by atoms with E-state index in [1.165, 1.54) is 0 Å². The molecule has 0 aliphatic carbocycles. The van der Waals surface area contributed by atoms with Gasteiger partial charge in [-0.1, -0.05) is 0 Å². The fourth-order valence-electron chi connectivity index (χ4n) is 0. The van der Waals surface area contributed by atoms with Gasteiger partial charge in [0.25, 0.3) is 0 Å². The molecule has 0 fully saturated rings. The molecule has 0 rings (SSSR count). The second-order valence-electron chi connectivity index (χ2n) is 0.396. The van der Waals surface area contributed by atoms with Crippen molar-refractivity contribution in [3.8, 4) is 0 Å². The van der Waals surface area contributed by atoms with Gasteiger partial charge < -0.3 is 17.0 Å². The first-order valence-corrected chi connectivity index (χ1v) is 2.61. The standard InChI is InChI=1S/BrH.K.Mn.H2O.3O/h1H;;;1H2;;;/q;2*+1;;;;/p-2. The molecular formula is HBrKMnO4. The third kappa shape index (κ3) is 72.2. The molecule has 0 aliphatic rings. The maximum absolute atomic E-state index is 8.69. The summed E-state index contributed by atoms with van der Waals surface area (Å²) in [6.45, 7) is 0. The number of halogens is 1. The van der Waals surface area contributed by atoms with Crippen molar-refractivity contribution >= 4 is 0 Å². The van der Waals surface area contributed by atoms with E-state index in [2.05, 4.69) is 0 Å². The molecule has 40 valence electrons. The van der Waals surface area contributed by atoms with Crippen LogP contribution in [0, 0.1) is 0 Å². The molecule has 0 atom stereocenters. The molecular weight excluding hydrogens is 238 g/mol. The normalized spacial score (nSPS) is 8.14. The van der Waals surface area contributed by atoms with Gasteiger partial charge in [-0.25, -0.2) is 0 Å². The van der Waals surface area contributed by atoms with Crippen LogP contribution >= 0.6 is 0 Å². The Morgan fingerprint density at radius 3 is 1.14 bits per heavy atom. The van der Waals surface area contributed by atoms with E-state index in [9.17, 15) is 0 Å². The SMILES string of the molecule is [Br-].[K+].[O]=[Mn](=[O])(=[O])[OH]. The molecule has 0 aromatic heterocycles. The Labute approximate surface area is 95.0 Å². The van der Waals surface area contributed by atoms with Crippen molar-refractivity contribution in [1.82, 2.24) is 0 Å². The first-order chi connectivity index (χ1) is 2.00. The molecule has 0 spiro atoms. The van der Waals surface area contributed by atoms with Crippen molar-refractivity contribution in [3.05, 3.63) is 0 Å². The molecule has 0 aromatic carbocycles. The summed E-state index contributed by atoms with van der Waals surface area (Å²) in [5, 5.41) is 0. The Morgan fingerprint density at radius 1 is 1.14 bits per heavy atom. The molecule has 7 heavy (non-hydrogen) atoms. The van der Waals surface area contributed by atoms with Gasteiger partial charge in [0.05, 0.1) is 0 Å². The van der Waals surface area contributed by atoms with Gasteiger partial charge in [-0.3, -0.25) is 0 Å². The second kappa shape index (κ2) is 6.12. The molecule has 7 heteroatoms. The molecule has 0 bridgehead atoms. The van der Waals surface area contributed by atoms with Crippen LogP contribution in [0.1, 0.15) is 0 Å². The Kier molecular flexibility index (Phi) is 14.0. The van der Waals surface area contributed by atoms with Crippen molar-refractivity contribution in [2.75, 3.05) is 0 Å². The van der Waals surface area contributed by atoms with Gasteiger partial charge in [-0.15, -0.1) is 0 Å². The van der Waals surface area contributed by atoms with Crippen molar-refractivity contribution in [3.63, 3.8) is 0 Å². The van der Waals surface area contributed by atoms with Gasteiger partial charge in [0.2, 0.25) is 0 Å². The van der Waals surface area contributed by atoms with Gasteiger partial charge in [-0.05, 0) is 0 Å². The average Bonchev–Trinajstić information content (AvgIpc) is 0.722. The average molecular weight is 239 g/mol. The summed E-state index contributed by atoms with van der Waals surface area (Å²) in [6, 6.07) is 0. The summed E-state index contributed by atoms with van der Waals surface area (Å²) in [4.78, 5) is 0. The maximum atomic E-state index is 8.69. The van der Waals surface area contributed by atoms with Gasteiger partial charge >= 0.3 is 80.0 Å². The van der Waals surface area contributed by atoms with E-state index in [0.29, 0.717) is 0 Å². The summed E-state index contributed by atoms with van der Waals surface area (Å²) >= 11 is -5.38. The quantitative estimate of drug-likeness (QED) is 0.426. The van der Waals surface area contributed by atoms with E-state index >= 15 is 0 Å². The fourth-order valence-corrected chi connectivity index (χ4v) is 0. The molecule has 4 nitrogen and oxygen atoms in total. The fraction of sp³-hybridized carbons (Fsp3) is 0. The summed E-state index contributed by atoms with van der Waals surface area (Å²) in [5.74, 6) is 0. The van der Waals surface area contributed by atoms with Gasteiger partial charge in [0.15, 0.2) is 0 Å². The van der Waals surface area contributed by atoms with Crippen LogP contribution in [0.15, 0.2) is 0 Å². The van der Waals surface area contributed by atoms with E-state index in [1.807, 2.05) is 0 Å². The van der Waals surface area contributed by atoms with E-state index in [0.717, 1.165) is 0 Å². The van der Waals surface area contributed by atoms with Crippen LogP contribution in [0.4, 0.5) is 0 Å². The van der Waals surface area contributed by atoms with Crippen LogP contribution in [0.2, 0.25) is 0 Å². The molecule has 0 saturated carbocycles. The van der Waals surface area contributed by atoms with Crippen LogP contribution in [-0.2, 0) is 24.5 Å². The summed E-state index contributed by atoms with van der Waals surface area (Å²) in [5.41, 5.74) is 0. The molecule has 0 unspecified atom stereocenters. The van der Waals surface area contributed by atoms with Gasteiger partial charge in [-0.2, -0.15) is 0 Å². The first kappa shape index (κ1) is 16.0. The Hall–Kier alpha value is 2.00. The molecule has 0 amide bonds. The van der Waals surface area contributed by atoms with Crippen molar-refractivity contribution in [2.45, 2.75) is 0 Å². The van der Waals surface area contributed by atoms with Crippen LogP contribution in [0.5, 0.6) is 0 Å². The summed E-state index contributed by atoms with van der Waals surface area (Å²) < 4.78 is 33.1. The van der Waals surface area contributed by atoms with Gasteiger partial charge in [0, 0.05) is 0 Å². The zero-order valence-electron chi connectivity index (χ0n) is 3.43. The minimum atomic E-state index is -5.38. The molecule has 0 heterocycles. The van der Waals surface area contributed by atoms with Crippen molar-refractivity contribution in [1.29, 1.82) is 0 Å². The second-order valence-corrected chi connectivity index (χ2v) is 1.63. The number of rotatable bonds is 0. The van der Waals surface area contributed by atoms with E-state index in [4.69, 9.17) is 15.7 Å². The first-order valence-electron chi connectivity index (χ1n) is 0.632. The monoisotopic (exact) mass is 238 g/mol. The Morgan fingerprint density at radius 2 is 1.14 bits per heavy atom. The number of hydrogen-bond donors (Lipinski definition) is 1. The third-order valence-electron chi connectivity index (χ3n) is 0. The van der Waals surface area contributed by atoms with Crippen LogP contribution in [-0.4, -0.2) is 4.19 Å².